The number of nitrogens with one attached hydrogen (secondary N) is 3. The first-order chi connectivity index (χ1) is 58.8. The summed E-state index contributed by atoms with van der Waals surface area (Å²) >= 11 is 0. The average Bonchev–Trinajstić information content (AvgIpc) is 1.67. The molecule has 0 heterocycles. The molecule has 0 spiro atoms. The lowest BCUT2D eigenvalue weighted by Crippen LogP contribution is -2.51. The molecule has 0 aliphatic heterocycles. The number of carbonyl (C=O) groups is 4. The number of fused-ring (bicyclic) bond motifs is 15. The lowest BCUT2D eigenvalue weighted by atomic mass is 9.47. The number of carbonyl (C=O) groups excluding carboxylic acids is 4. The standard InChI is InChI=1S/C108H188N8O7/c1-73(2)28-22-31-76(7)88-43-46-91-85-40-37-79-70-82(49-55-103(79,10)94(85)52-58-106(88,91)13)121-99(117)36-18-19-64-115(67-25-61-112-100(118)97(109)34-16-17-35-98(110)111)65-20-21-66-116(68-26-62-113-101(119)122-83-50-56-104(11)80(71-83)38-41-86-92-47-44-89(77(8)32-23-29-74(3)4)107(92,14)59-53-95(86)104)69-27-63-114-102(120)123-84-51-57-105(12)81(72-84)39-42-87-93-48-45-90(78(9)33-24-30-75(5)6)108(93,15)60-54-96(87)105/h37-39,73-78,82-98H,16-36,40-72,109-111H2,1-15H3,(H,112,118)(H,113,119)(H,114,120). The summed E-state index contributed by atoms with van der Waals surface area (Å²) in [4.78, 5) is 59.8. The summed E-state index contributed by atoms with van der Waals surface area (Å²) in [7, 11) is 0. The number of allylic oxidation sites excluding steroid dienone is 3. The van der Waals surface area contributed by atoms with Gasteiger partial charge in [-0.1, -0.05) is 209 Å². The van der Waals surface area contributed by atoms with Gasteiger partial charge in [-0.25, -0.2) is 9.59 Å². The smallest absolute Gasteiger partial charge is 0.407 e. The number of alkyl carbamates (subject to hydrolysis) is 2. The van der Waals surface area contributed by atoms with Crippen LogP contribution in [0.3, 0.4) is 0 Å². The zero-order valence-corrected chi connectivity index (χ0v) is 81.7. The number of hydrogen-bond donors (Lipinski definition) is 6. The van der Waals surface area contributed by atoms with Gasteiger partial charge in [-0.15, -0.1) is 0 Å². The lowest BCUT2D eigenvalue weighted by molar-refractivity contribution is -0.151. The van der Waals surface area contributed by atoms with Gasteiger partial charge in [0.25, 0.3) is 0 Å². The van der Waals surface area contributed by atoms with Crippen LogP contribution in [0.4, 0.5) is 9.59 Å². The highest BCUT2D eigenvalue weighted by atomic mass is 16.6. The minimum Gasteiger partial charge on any atom is -0.462 e. The molecule has 9 fully saturated rings. The van der Waals surface area contributed by atoms with Crippen molar-refractivity contribution >= 4 is 24.1 Å². The number of ether oxygens (including phenoxy) is 3. The fraction of sp³-hybridized carbons (Fsp3) is 0.907. The molecule has 9 N–H and O–H groups in total. The summed E-state index contributed by atoms with van der Waals surface area (Å²) in [6.07, 6.45) is 57.4. The highest BCUT2D eigenvalue weighted by Gasteiger charge is 2.63. The van der Waals surface area contributed by atoms with Gasteiger partial charge in [-0.3, -0.25) is 9.59 Å². The first-order valence-electron chi connectivity index (χ1n) is 52.9. The second-order valence-electron chi connectivity index (χ2n) is 47.4. The number of amides is 3. The molecule has 25 atom stereocenters. The van der Waals surface area contributed by atoms with E-state index in [4.69, 9.17) is 31.4 Å². The normalized spacial score (nSPS) is 36.0. The SMILES string of the molecule is CC(C)CCCC(C)C1CCC2C3CC=C4CC(OC(=O)CCCCN(CCCCN(CCCNC(=O)OC5CCC6(C)C(=CCC7C6CCC6(C)C(C(C)CCCC(C)C)CCC76)C5)CCCNC(=O)OC5CCC6(C)C(=CCC7C6CCC6(C)C(C(C)CCCC(C)C)CCC76)C5)CCCNC(=O)C(N)CCCCC(N)N)CCC4(C)C3CCC12C. The molecule has 12 aliphatic carbocycles. The van der Waals surface area contributed by atoms with Crippen LogP contribution < -0.4 is 33.2 Å². The Morgan fingerprint density at radius 1 is 0.366 bits per heavy atom. The summed E-state index contributed by atoms with van der Waals surface area (Å²) in [5, 5.41) is 9.55. The Labute approximate surface area is 752 Å². The lowest BCUT2D eigenvalue weighted by Gasteiger charge is -2.58. The number of esters is 1. The average molecular weight is 1710 g/mol. The summed E-state index contributed by atoms with van der Waals surface area (Å²) in [6, 6.07) is -0.564. The molecule has 3 amide bonds. The zero-order valence-electron chi connectivity index (χ0n) is 81.7. The number of unbranched alkanes of at least 4 members (excludes halogenated alkanes) is 3. The molecule has 15 nitrogen and oxygen atoms in total. The molecule has 0 aromatic heterocycles. The molecule has 0 bridgehead atoms. The van der Waals surface area contributed by atoms with Gasteiger partial charge in [-0.05, 0) is 371 Å². The van der Waals surface area contributed by atoms with E-state index in [1.165, 1.54) is 154 Å². The van der Waals surface area contributed by atoms with Crippen LogP contribution in [0.25, 0.3) is 0 Å². The van der Waals surface area contributed by atoms with Crippen molar-refractivity contribution in [3.63, 3.8) is 0 Å². The zero-order chi connectivity index (χ0) is 88.0. The molecule has 9 saturated carbocycles. The predicted octanol–water partition coefficient (Wildman–Crippen LogP) is 24.2. The Morgan fingerprint density at radius 3 is 1.06 bits per heavy atom. The fourth-order valence-corrected chi connectivity index (χ4v) is 31.3. The van der Waals surface area contributed by atoms with Crippen LogP contribution in [0.2, 0.25) is 0 Å². The molecule has 0 aromatic rings. The molecular formula is C108H188N8O7. The Bertz CT molecular complexity index is 3320. The summed E-state index contributed by atoms with van der Waals surface area (Å²) in [5.41, 5.74) is 24.7. The highest BCUT2D eigenvalue weighted by Crippen LogP contribution is 2.71. The van der Waals surface area contributed by atoms with Crippen LogP contribution in [-0.2, 0) is 23.8 Å². The van der Waals surface area contributed by atoms with Gasteiger partial charge < -0.3 is 57.2 Å². The molecule has 25 unspecified atom stereocenters. The third-order valence-corrected chi connectivity index (χ3v) is 38.4. The summed E-state index contributed by atoms with van der Waals surface area (Å²) in [5.74, 6) is 14.3. The van der Waals surface area contributed by atoms with E-state index in [1.54, 1.807) is 16.7 Å². The fourth-order valence-electron chi connectivity index (χ4n) is 31.3. The Hall–Kier alpha value is -3.50. The van der Waals surface area contributed by atoms with E-state index in [1.807, 2.05) is 0 Å². The van der Waals surface area contributed by atoms with Crippen LogP contribution in [0.5, 0.6) is 0 Å². The first kappa shape index (κ1) is 98.5. The third kappa shape index (κ3) is 24.1. The Morgan fingerprint density at radius 2 is 0.699 bits per heavy atom. The second-order valence-corrected chi connectivity index (χ2v) is 47.4. The van der Waals surface area contributed by atoms with Crippen LogP contribution in [0.1, 0.15) is 393 Å². The van der Waals surface area contributed by atoms with E-state index < -0.39 is 6.04 Å². The van der Waals surface area contributed by atoms with Crippen LogP contribution in [0, 0.1) is 139 Å². The van der Waals surface area contributed by atoms with Crippen molar-refractivity contribution in [3.8, 4) is 0 Å². The molecule has 12 aliphatic rings. The van der Waals surface area contributed by atoms with Crippen LogP contribution in [-0.4, -0.2) is 123 Å². The van der Waals surface area contributed by atoms with Crippen molar-refractivity contribution in [2.24, 2.45) is 156 Å². The second kappa shape index (κ2) is 44.6. The van der Waals surface area contributed by atoms with E-state index >= 15 is 0 Å². The summed E-state index contributed by atoms with van der Waals surface area (Å²) in [6.45, 7) is 44.6. The largest absolute Gasteiger partial charge is 0.462 e. The summed E-state index contributed by atoms with van der Waals surface area (Å²) < 4.78 is 19.1. The van der Waals surface area contributed by atoms with Crippen LogP contribution >= 0.6 is 0 Å². The van der Waals surface area contributed by atoms with Crippen molar-refractivity contribution in [3.05, 3.63) is 34.9 Å². The van der Waals surface area contributed by atoms with Gasteiger partial charge in [0.2, 0.25) is 5.91 Å². The van der Waals surface area contributed by atoms with E-state index in [0.717, 1.165) is 261 Å². The minimum absolute atomic E-state index is 0.0352. The molecule has 12 rings (SSSR count). The monoisotopic (exact) mass is 1710 g/mol. The van der Waals surface area contributed by atoms with Gasteiger partial charge >= 0.3 is 18.2 Å². The molecule has 702 valence electrons. The van der Waals surface area contributed by atoms with Crippen LogP contribution in [0.15, 0.2) is 34.9 Å². The Kier molecular flexibility index (Phi) is 35.7. The van der Waals surface area contributed by atoms with Crippen molar-refractivity contribution < 1.29 is 33.4 Å². The number of rotatable bonds is 46. The molecule has 0 aromatic carbocycles. The maximum absolute atomic E-state index is 13.9. The highest BCUT2D eigenvalue weighted by molar-refractivity contribution is 5.81. The van der Waals surface area contributed by atoms with Crippen molar-refractivity contribution in [2.75, 3.05) is 58.9 Å². The van der Waals surface area contributed by atoms with E-state index in [9.17, 15) is 19.2 Å². The van der Waals surface area contributed by atoms with Gasteiger partial charge in [0.05, 0.1) is 12.2 Å². The maximum Gasteiger partial charge on any atom is 0.407 e. The number of hydrogen-bond acceptors (Lipinski definition) is 12. The molecule has 15 heteroatoms. The molecular weight excluding hydrogens is 1520 g/mol. The first-order valence-corrected chi connectivity index (χ1v) is 52.9. The predicted molar refractivity (Wildman–Crippen MR) is 507 cm³/mol. The van der Waals surface area contributed by atoms with Gasteiger partial charge in [0.1, 0.15) is 18.3 Å². The van der Waals surface area contributed by atoms with Gasteiger partial charge in [0, 0.05) is 45.3 Å². The van der Waals surface area contributed by atoms with E-state index in [-0.39, 0.29) is 64.8 Å². The van der Waals surface area contributed by atoms with Gasteiger partial charge in [0.15, 0.2) is 0 Å². The van der Waals surface area contributed by atoms with Crippen molar-refractivity contribution in [1.82, 2.24) is 25.8 Å². The van der Waals surface area contributed by atoms with E-state index in [2.05, 4.69) is 148 Å². The topological polar surface area (TPSA) is 217 Å². The Balaban J connectivity index is 0.623. The molecule has 0 radical (unpaired) electrons. The van der Waals surface area contributed by atoms with Crippen molar-refractivity contribution in [1.29, 1.82) is 0 Å². The molecule has 123 heavy (non-hydrogen) atoms. The third-order valence-electron chi connectivity index (χ3n) is 38.4. The number of nitrogens with zero attached hydrogens (tertiary/aromatic N) is 2. The van der Waals surface area contributed by atoms with Crippen molar-refractivity contribution in [2.45, 2.75) is 423 Å². The molecule has 0 saturated heterocycles. The quantitative estimate of drug-likeness (QED) is 0.0110. The maximum atomic E-state index is 13.9. The number of nitrogens with two attached hydrogens (primary N) is 3. The minimum atomic E-state index is -0.564. The van der Waals surface area contributed by atoms with E-state index in [0.29, 0.717) is 55.1 Å². The van der Waals surface area contributed by atoms with Gasteiger partial charge in [-0.2, -0.15) is 0 Å².